The molecule has 1 atom stereocenters. The summed E-state index contributed by atoms with van der Waals surface area (Å²) in [6, 6.07) is 15.5. The summed E-state index contributed by atoms with van der Waals surface area (Å²) in [6.45, 7) is 0.720. The van der Waals surface area contributed by atoms with E-state index in [1.807, 2.05) is 11.8 Å². The molecule has 0 aromatic heterocycles. The zero-order chi connectivity index (χ0) is 13.9. The predicted molar refractivity (Wildman–Crippen MR) is 79.8 cm³/mol. The molecule has 0 saturated heterocycles. The lowest BCUT2D eigenvalue weighted by Crippen LogP contribution is -2.20. The van der Waals surface area contributed by atoms with Crippen molar-refractivity contribution in [2.75, 3.05) is 5.75 Å². The van der Waals surface area contributed by atoms with Crippen molar-refractivity contribution in [3.63, 3.8) is 0 Å². The molecule has 0 radical (unpaired) electrons. The van der Waals surface area contributed by atoms with Crippen molar-refractivity contribution in [3.8, 4) is 0 Å². The molecule has 1 N–H and O–H groups in total. The van der Waals surface area contributed by atoms with Gasteiger partial charge in [-0.3, -0.25) is 10.1 Å². The molecule has 0 aliphatic carbocycles. The van der Waals surface area contributed by atoms with E-state index in [1.54, 1.807) is 24.3 Å². The number of hydrogen-bond donors (Lipinski definition) is 1. The van der Waals surface area contributed by atoms with Gasteiger partial charge in [0.15, 0.2) is 0 Å². The van der Waals surface area contributed by atoms with E-state index in [1.165, 1.54) is 10.5 Å². The molecule has 5 heteroatoms. The van der Waals surface area contributed by atoms with Gasteiger partial charge in [0.2, 0.25) is 0 Å². The summed E-state index contributed by atoms with van der Waals surface area (Å²) in [5.74, 6) is 1.03. The standard InChI is InChI=1S/C15H14N2O2S/c18-17(19)12-7-5-11(6-8-12)9-16-14-10-20-15-4-2-1-3-13(14)15/h1-8,14,16H,9-10H2. The quantitative estimate of drug-likeness (QED) is 0.690. The van der Waals surface area contributed by atoms with Crippen molar-refractivity contribution < 1.29 is 4.92 Å². The fourth-order valence-electron chi connectivity index (χ4n) is 2.31. The van der Waals surface area contributed by atoms with Crippen LogP contribution in [0.4, 0.5) is 5.69 Å². The average Bonchev–Trinajstić information content (AvgIpc) is 2.89. The van der Waals surface area contributed by atoms with Gasteiger partial charge in [-0.2, -0.15) is 0 Å². The minimum atomic E-state index is -0.374. The van der Waals surface area contributed by atoms with Crippen molar-refractivity contribution in [2.45, 2.75) is 17.5 Å². The third-order valence-corrected chi connectivity index (χ3v) is 4.58. The second-order valence-corrected chi connectivity index (χ2v) is 5.77. The maximum Gasteiger partial charge on any atom is 0.269 e. The van der Waals surface area contributed by atoms with E-state index in [0.717, 1.165) is 17.9 Å². The molecular weight excluding hydrogens is 272 g/mol. The van der Waals surface area contributed by atoms with Crippen LogP contribution in [0.15, 0.2) is 53.4 Å². The van der Waals surface area contributed by atoms with Crippen LogP contribution in [0.1, 0.15) is 17.2 Å². The molecule has 2 aromatic carbocycles. The Morgan fingerprint density at radius 1 is 1.20 bits per heavy atom. The van der Waals surface area contributed by atoms with Crippen LogP contribution >= 0.6 is 11.8 Å². The second kappa shape index (κ2) is 5.64. The molecule has 102 valence electrons. The van der Waals surface area contributed by atoms with Crippen LogP contribution in [0.5, 0.6) is 0 Å². The van der Waals surface area contributed by atoms with Crippen LogP contribution in [0.2, 0.25) is 0 Å². The Labute approximate surface area is 121 Å². The fourth-order valence-corrected chi connectivity index (χ4v) is 3.50. The van der Waals surface area contributed by atoms with Crippen LogP contribution in [0.3, 0.4) is 0 Å². The summed E-state index contributed by atoms with van der Waals surface area (Å²) in [6.07, 6.45) is 0. The molecule has 1 unspecified atom stereocenters. The lowest BCUT2D eigenvalue weighted by molar-refractivity contribution is -0.384. The number of benzene rings is 2. The molecule has 1 heterocycles. The first-order valence-electron chi connectivity index (χ1n) is 6.42. The Bertz CT molecular complexity index is 628. The predicted octanol–water partition coefficient (Wildman–Crippen LogP) is 3.53. The van der Waals surface area contributed by atoms with Crippen molar-refractivity contribution in [2.24, 2.45) is 0 Å². The van der Waals surface area contributed by atoms with Gasteiger partial charge in [-0.1, -0.05) is 30.3 Å². The zero-order valence-corrected chi connectivity index (χ0v) is 11.6. The lowest BCUT2D eigenvalue weighted by Gasteiger charge is -2.13. The van der Waals surface area contributed by atoms with E-state index in [0.29, 0.717) is 6.04 Å². The van der Waals surface area contributed by atoms with Gasteiger partial charge >= 0.3 is 0 Å². The van der Waals surface area contributed by atoms with Crippen molar-refractivity contribution in [1.82, 2.24) is 5.32 Å². The smallest absolute Gasteiger partial charge is 0.269 e. The Hall–Kier alpha value is -1.85. The van der Waals surface area contributed by atoms with Crippen LogP contribution < -0.4 is 5.32 Å². The Morgan fingerprint density at radius 3 is 2.70 bits per heavy atom. The summed E-state index contributed by atoms with van der Waals surface area (Å²) in [7, 11) is 0. The van der Waals surface area contributed by atoms with Gasteiger partial charge in [-0.15, -0.1) is 11.8 Å². The number of fused-ring (bicyclic) bond motifs is 1. The van der Waals surface area contributed by atoms with Crippen molar-refractivity contribution in [3.05, 3.63) is 69.8 Å². The highest BCUT2D eigenvalue weighted by molar-refractivity contribution is 7.99. The highest BCUT2D eigenvalue weighted by Crippen LogP contribution is 2.37. The molecule has 0 amide bonds. The topological polar surface area (TPSA) is 55.2 Å². The summed E-state index contributed by atoms with van der Waals surface area (Å²) < 4.78 is 0. The van der Waals surface area contributed by atoms with Crippen LogP contribution in [0.25, 0.3) is 0 Å². The highest BCUT2D eigenvalue weighted by atomic mass is 32.2. The van der Waals surface area contributed by atoms with Gasteiger partial charge in [0.1, 0.15) is 0 Å². The molecule has 0 saturated carbocycles. The number of nitrogens with zero attached hydrogens (tertiary/aromatic N) is 1. The van der Waals surface area contributed by atoms with Gasteiger partial charge in [0.05, 0.1) is 4.92 Å². The number of nitrogens with one attached hydrogen (secondary N) is 1. The average molecular weight is 286 g/mol. The first kappa shape index (κ1) is 13.1. The van der Waals surface area contributed by atoms with E-state index in [4.69, 9.17) is 0 Å². The molecule has 0 bridgehead atoms. The highest BCUT2D eigenvalue weighted by Gasteiger charge is 2.21. The largest absolute Gasteiger partial charge is 0.305 e. The monoisotopic (exact) mass is 286 g/mol. The molecule has 0 spiro atoms. The molecule has 3 rings (SSSR count). The number of nitro benzene ring substituents is 1. The van der Waals surface area contributed by atoms with Crippen LogP contribution in [-0.4, -0.2) is 10.7 Å². The van der Waals surface area contributed by atoms with Crippen molar-refractivity contribution in [1.29, 1.82) is 0 Å². The Morgan fingerprint density at radius 2 is 1.95 bits per heavy atom. The molecule has 2 aromatic rings. The van der Waals surface area contributed by atoms with Gasteiger partial charge in [0, 0.05) is 35.4 Å². The van der Waals surface area contributed by atoms with Gasteiger partial charge in [-0.05, 0) is 17.2 Å². The third-order valence-electron chi connectivity index (χ3n) is 3.40. The SMILES string of the molecule is O=[N+]([O-])c1ccc(CNC2CSc3ccccc32)cc1. The Balaban J connectivity index is 1.64. The minimum Gasteiger partial charge on any atom is -0.305 e. The fraction of sp³-hybridized carbons (Fsp3) is 0.200. The van der Waals surface area contributed by atoms with E-state index in [9.17, 15) is 10.1 Å². The molecule has 1 aliphatic rings. The number of rotatable bonds is 4. The molecule has 4 nitrogen and oxygen atoms in total. The second-order valence-electron chi connectivity index (χ2n) is 4.71. The van der Waals surface area contributed by atoms with Gasteiger partial charge in [-0.25, -0.2) is 0 Å². The number of non-ortho nitro benzene ring substituents is 1. The normalized spacial score (nSPS) is 16.9. The van der Waals surface area contributed by atoms with E-state index >= 15 is 0 Å². The van der Waals surface area contributed by atoms with E-state index < -0.39 is 0 Å². The zero-order valence-electron chi connectivity index (χ0n) is 10.8. The van der Waals surface area contributed by atoms with Gasteiger partial charge in [0.25, 0.3) is 5.69 Å². The number of nitro groups is 1. The molecule has 1 aliphatic heterocycles. The third kappa shape index (κ3) is 2.69. The molecule has 20 heavy (non-hydrogen) atoms. The maximum absolute atomic E-state index is 10.6. The van der Waals surface area contributed by atoms with Crippen LogP contribution in [0, 0.1) is 10.1 Å². The summed E-state index contributed by atoms with van der Waals surface area (Å²) in [4.78, 5) is 11.6. The maximum atomic E-state index is 10.6. The van der Waals surface area contributed by atoms with Crippen molar-refractivity contribution >= 4 is 17.4 Å². The number of thioether (sulfide) groups is 1. The Kier molecular flexibility index (Phi) is 3.71. The first-order valence-corrected chi connectivity index (χ1v) is 7.41. The van der Waals surface area contributed by atoms with Crippen LogP contribution in [-0.2, 0) is 6.54 Å². The minimum absolute atomic E-state index is 0.135. The molecule has 0 fully saturated rings. The van der Waals surface area contributed by atoms with Gasteiger partial charge < -0.3 is 5.32 Å². The van der Waals surface area contributed by atoms with E-state index in [2.05, 4.69) is 29.6 Å². The number of hydrogen-bond acceptors (Lipinski definition) is 4. The summed E-state index contributed by atoms with van der Waals surface area (Å²) >= 11 is 1.87. The lowest BCUT2D eigenvalue weighted by atomic mass is 10.1. The summed E-state index contributed by atoms with van der Waals surface area (Å²) in [5.41, 5.74) is 2.54. The first-order chi connectivity index (χ1) is 9.74. The molecular formula is C15H14N2O2S. The van der Waals surface area contributed by atoms with E-state index in [-0.39, 0.29) is 10.6 Å². The summed E-state index contributed by atoms with van der Waals surface area (Å²) in [5, 5.41) is 14.1.